The number of aliphatic hydroxyl groups excluding tert-OH is 1. The topological polar surface area (TPSA) is 29.5 Å². The van der Waals surface area contributed by atoms with Gasteiger partial charge < -0.3 is 9.84 Å². The van der Waals surface area contributed by atoms with Crippen molar-refractivity contribution in [3.63, 3.8) is 0 Å². The van der Waals surface area contributed by atoms with E-state index in [9.17, 15) is 0 Å². The molecule has 0 heterocycles. The summed E-state index contributed by atoms with van der Waals surface area (Å²) in [4.78, 5) is 0. The number of aliphatic hydroxyl groups is 1. The Labute approximate surface area is 118 Å². The van der Waals surface area contributed by atoms with Crippen molar-refractivity contribution in [3.05, 3.63) is 22.8 Å². The molecule has 0 saturated heterocycles. The van der Waals surface area contributed by atoms with E-state index in [1.165, 1.54) is 36.0 Å². The van der Waals surface area contributed by atoms with E-state index in [1.807, 2.05) is 6.08 Å². The van der Waals surface area contributed by atoms with Crippen LogP contribution in [0, 0.1) is 5.41 Å². The first-order valence-corrected chi connectivity index (χ1v) is 7.50. The van der Waals surface area contributed by atoms with Crippen LogP contribution in [0.25, 0.3) is 0 Å². The summed E-state index contributed by atoms with van der Waals surface area (Å²) in [5.74, 6) is 0. The first-order chi connectivity index (χ1) is 8.92. The van der Waals surface area contributed by atoms with Crippen LogP contribution in [-0.2, 0) is 4.74 Å². The number of allylic oxidation sites excluding steroid dienone is 1. The maximum atomic E-state index is 9.02. The molecular formula is C17H30O2. The molecule has 0 saturated carbocycles. The van der Waals surface area contributed by atoms with Crippen molar-refractivity contribution in [2.24, 2.45) is 5.41 Å². The highest BCUT2D eigenvalue weighted by Gasteiger charge is 2.33. The van der Waals surface area contributed by atoms with E-state index < -0.39 is 0 Å². The van der Waals surface area contributed by atoms with Crippen molar-refractivity contribution in [3.8, 4) is 0 Å². The van der Waals surface area contributed by atoms with Gasteiger partial charge in [-0.1, -0.05) is 31.1 Å². The molecule has 19 heavy (non-hydrogen) atoms. The molecule has 0 bridgehead atoms. The molecule has 0 aromatic heterocycles. The number of hydrogen-bond donors (Lipinski definition) is 1. The van der Waals surface area contributed by atoms with Gasteiger partial charge in [0.25, 0.3) is 0 Å². The lowest BCUT2D eigenvalue weighted by atomic mass is 9.70. The summed E-state index contributed by atoms with van der Waals surface area (Å²) >= 11 is 0. The zero-order chi connectivity index (χ0) is 14.5. The average molecular weight is 266 g/mol. The molecule has 2 heteroatoms. The number of ether oxygens (including phenoxy) is 1. The van der Waals surface area contributed by atoms with E-state index in [-0.39, 0.29) is 18.1 Å². The van der Waals surface area contributed by atoms with Crippen molar-refractivity contribution in [2.75, 3.05) is 13.2 Å². The largest absolute Gasteiger partial charge is 0.392 e. The maximum Gasteiger partial charge on any atom is 0.0829 e. The lowest BCUT2D eigenvalue weighted by Crippen LogP contribution is -2.31. The summed E-state index contributed by atoms with van der Waals surface area (Å²) < 4.78 is 6.02. The standard InChI is InChI=1S/C17H30O2/c1-6-19-15(12-13(2)9-11-18)16-14(3)8-7-10-17(16,4)5/h9,15,18H,6-8,10-12H2,1-5H3. The first-order valence-electron chi connectivity index (χ1n) is 7.50. The fraction of sp³-hybridized carbons (Fsp3) is 0.765. The molecule has 0 radical (unpaired) electrons. The molecule has 0 aliphatic heterocycles. The van der Waals surface area contributed by atoms with E-state index in [4.69, 9.17) is 9.84 Å². The zero-order valence-corrected chi connectivity index (χ0v) is 13.3. The Balaban J connectivity index is 2.99. The molecule has 0 aromatic carbocycles. The summed E-state index contributed by atoms with van der Waals surface area (Å²) in [5, 5.41) is 9.02. The molecule has 110 valence electrons. The Morgan fingerprint density at radius 2 is 2.16 bits per heavy atom. The van der Waals surface area contributed by atoms with Crippen LogP contribution < -0.4 is 0 Å². The van der Waals surface area contributed by atoms with Gasteiger partial charge in [0, 0.05) is 6.61 Å². The van der Waals surface area contributed by atoms with E-state index in [1.54, 1.807) is 0 Å². The van der Waals surface area contributed by atoms with Gasteiger partial charge >= 0.3 is 0 Å². The van der Waals surface area contributed by atoms with Crippen LogP contribution >= 0.6 is 0 Å². The fourth-order valence-corrected chi connectivity index (χ4v) is 3.33. The molecule has 0 spiro atoms. The van der Waals surface area contributed by atoms with Gasteiger partial charge in [0.15, 0.2) is 0 Å². The third-order valence-electron chi connectivity index (χ3n) is 4.18. The van der Waals surface area contributed by atoms with Crippen molar-refractivity contribution in [1.82, 2.24) is 0 Å². The Kier molecular flexibility index (Phi) is 6.28. The van der Waals surface area contributed by atoms with Gasteiger partial charge in [0.2, 0.25) is 0 Å². The van der Waals surface area contributed by atoms with Crippen LogP contribution in [0.3, 0.4) is 0 Å². The van der Waals surface area contributed by atoms with Crippen LogP contribution in [0.15, 0.2) is 22.8 Å². The molecule has 1 N–H and O–H groups in total. The Morgan fingerprint density at radius 3 is 2.68 bits per heavy atom. The fourth-order valence-electron chi connectivity index (χ4n) is 3.33. The Hall–Kier alpha value is -0.600. The van der Waals surface area contributed by atoms with E-state index in [2.05, 4.69) is 34.6 Å². The molecule has 1 aliphatic carbocycles. The van der Waals surface area contributed by atoms with Crippen LogP contribution in [0.1, 0.15) is 60.3 Å². The van der Waals surface area contributed by atoms with Gasteiger partial charge in [-0.25, -0.2) is 0 Å². The minimum absolute atomic E-state index is 0.117. The second-order valence-corrected chi connectivity index (χ2v) is 6.31. The second kappa shape index (κ2) is 7.25. The molecule has 1 rings (SSSR count). The van der Waals surface area contributed by atoms with Crippen LogP contribution in [0.4, 0.5) is 0 Å². The third kappa shape index (κ3) is 4.47. The van der Waals surface area contributed by atoms with Gasteiger partial charge in [-0.05, 0) is 57.4 Å². The van der Waals surface area contributed by atoms with E-state index in [0.29, 0.717) is 0 Å². The smallest absolute Gasteiger partial charge is 0.0829 e. The summed E-state index contributed by atoms with van der Waals surface area (Å²) in [6, 6.07) is 0. The van der Waals surface area contributed by atoms with Crippen LogP contribution in [0.5, 0.6) is 0 Å². The maximum absolute atomic E-state index is 9.02. The van der Waals surface area contributed by atoms with Crippen molar-refractivity contribution in [1.29, 1.82) is 0 Å². The van der Waals surface area contributed by atoms with Crippen LogP contribution in [0.2, 0.25) is 0 Å². The minimum atomic E-state index is 0.117. The van der Waals surface area contributed by atoms with Gasteiger partial charge in [0.1, 0.15) is 0 Å². The first kappa shape index (κ1) is 16.5. The minimum Gasteiger partial charge on any atom is -0.392 e. The monoisotopic (exact) mass is 266 g/mol. The van der Waals surface area contributed by atoms with Gasteiger partial charge in [-0.2, -0.15) is 0 Å². The summed E-state index contributed by atoms with van der Waals surface area (Å²) in [6.07, 6.45) is 6.68. The van der Waals surface area contributed by atoms with E-state index >= 15 is 0 Å². The molecule has 1 atom stereocenters. The highest BCUT2D eigenvalue weighted by Crippen LogP contribution is 2.43. The Morgan fingerprint density at radius 1 is 1.47 bits per heavy atom. The zero-order valence-electron chi connectivity index (χ0n) is 13.3. The molecule has 1 unspecified atom stereocenters. The molecule has 0 fully saturated rings. The predicted molar refractivity (Wildman–Crippen MR) is 81.2 cm³/mol. The second-order valence-electron chi connectivity index (χ2n) is 6.31. The quantitative estimate of drug-likeness (QED) is 0.728. The molecule has 0 aromatic rings. The summed E-state index contributed by atoms with van der Waals surface area (Å²) in [5.41, 5.74) is 4.45. The van der Waals surface area contributed by atoms with Crippen molar-refractivity contribution >= 4 is 0 Å². The number of hydrogen-bond acceptors (Lipinski definition) is 2. The molecule has 2 nitrogen and oxygen atoms in total. The SMILES string of the molecule is CCOC(CC(C)=CCO)C1=C(C)CCCC1(C)C. The molecule has 1 aliphatic rings. The molecular weight excluding hydrogens is 236 g/mol. The van der Waals surface area contributed by atoms with Crippen molar-refractivity contribution in [2.45, 2.75) is 66.4 Å². The Bertz CT molecular complexity index is 350. The van der Waals surface area contributed by atoms with Gasteiger partial charge in [-0.3, -0.25) is 0 Å². The normalized spacial score (nSPS) is 21.7. The predicted octanol–water partition coefficient (Wildman–Crippen LogP) is 4.25. The lowest BCUT2D eigenvalue weighted by Gasteiger charge is -2.39. The molecule has 0 amide bonds. The summed E-state index contributed by atoms with van der Waals surface area (Å²) in [6.45, 7) is 11.9. The highest BCUT2D eigenvalue weighted by molar-refractivity contribution is 5.28. The average Bonchev–Trinajstić information content (AvgIpc) is 2.27. The number of rotatable bonds is 6. The lowest BCUT2D eigenvalue weighted by molar-refractivity contribution is 0.0689. The van der Waals surface area contributed by atoms with E-state index in [0.717, 1.165) is 13.0 Å². The van der Waals surface area contributed by atoms with Gasteiger partial charge in [0.05, 0.1) is 12.7 Å². The highest BCUT2D eigenvalue weighted by atomic mass is 16.5. The van der Waals surface area contributed by atoms with Gasteiger partial charge in [-0.15, -0.1) is 0 Å². The van der Waals surface area contributed by atoms with Crippen molar-refractivity contribution < 1.29 is 9.84 Å². The summed E-state index contributed by atoms with van der Waals surface area (Å²) in [7, 11) is 0. The van der Waals surface area contributed by atoms with Crippen LogP contribution in [-0.4, -0.2) is 24.4 Å². The third-order valence-corrected chi connectivity index (χ3v) is 4.18.